The lowest BCUT2D eigenvalue weighted by atomic mass is 10.3. The van der Waals surface area contributed by atoms with E-state index in [2.05, 4.69) is 15.3 Å². The van der Waals surface area contributed by atoms with Crippen molar-refractivity contribution >= 4 is 11.7 Å². The molecular formula is C7H4F3N3O. The first-order valence-corrected chi connectivity index (χ1v) is 3.70. The van der Waals surface area contributed by atoms with Gasteiger partial charge in [0.1, 0.15) is 5.82 Å². The first-order valence-electron chi connectivity index (χ1n) is 3.70. The Hall–Kier alpha value is -1.66. The Morgan fingerprint density at radius 3 is 2.79 bits per heavy atom. The highest BCUT2D eigenvalue weighted by Gasteiger charge is 2.36. The normalized spacial score (nSPS) is 15.2. The van der Waals surface area contributed by atoms with Gasteiger partial charge in [0.05, 0.1) is 6.42 Å². The number of anilines is 1. The Morgan fingerprint density at radius 1 is 1.43 bits per heavy atom. The van der Waals surface area contributed by atoms with Crippen LogP contribution in [0.15, 0.2) is 6.20 Å². The molecule has 0 fully saturated rings. The summed E-state index contributed by atoms with van der Waals surface area (Å²) in [5.74, 6) is -1.65. The number of amides is 1. The van der Waals surface area contributed by atoms with E-state index in [9.17, 15) is 18.0 Å². The molecule has 1 aromatic rings. The molecule has 14 heavy (non-hydrogen) atoms. The van der Waals surface area contributed by atoms with Crippen LogP contribution < -0.4 is 5.32 Å². The predicted molar refractivity (Wildman–Crippen MR) is 39.4 cm³/mol. The van der Waals surface area contributed by atoms with Crippen molar-refractivity contribution in [3.8, 4) is 0 Å². The van der Waals surface area contributed by atoms with Crippen molar-refractivity contribution in [2.75, 3.05) is 5.32 Å². The largest absolute Gasteiger partial charge is 0.451 e. The van der Waals surface area contributed by atoms with E-state index in [-0.39, 0.29) is 18.1 Å². The molecule has 0 aliphatic carbocycles. The van der Waals surface area contributed by atoms with Gasteiger partial charge in [0, 0.05) is 11.8 Å². The Kier molecular flexibility index (Phi) is 1.70. The Bertz CT molecular complexity index is 402. The molecule has 2 rings (SSSR count). The summed E-state index contributed by atoms with van der Waals surface area (Å²) in [6, 6.07) is 0. The summed E-state index contributed by atoms with van der Waals surface area (Å²) in [7, 11) is 0. The molecule has 0 saturated carbocycles. The highest BCUT2D eigenvalue weighted by molar-refractivity contribution is 5.97. The van der Waals surface area contributed by atoms with Crippen molar-refractivity contribution in [3.63, 3.8) is 0 Å². The number of halogens is 3. The molecular weight excluding hydrogens is 199 g/mol. The molecule has 1 aliphatic heterocycles. The minimum Gasteiger partial charge on any atom is -0.310 e. The lowest BCUT2D eigenvalue weighted by Gasteiger charge is -2.05. The second kappa shape index (κ2) is 2.66. The second-order valence-electron chi connectivity index (χ2n) is 2.79. The fourth-order valence-electron chi connectivity index (χ4n) is 1.13. The molecule has 4 nitrogen and oxygen atoms in total. The van der Waals surface area contributed by atoms with Crippen molar-refractivity contribution in [2.24, 2.45) is 0 Å². The van der Waals surface area contributed by atoms with Gasteiger partial charge in [-0.3, -0.25) is 4.79 Å². The lowest BCUT2D eigenvalue weighted by molar-refractivity contribution is -0.144. The zero-order valence-corrected chi connectivity index (χ0v) is 6.72. The molecule has 0 unspecified atom stereocenters. The summed E-state index contributed by atoms with van der Waals surface area (Å²) in [4.78, 5) is 17.1. The van der Waals surface area contributed by atoms with E-state index in [0.29, 0.717) is 5.56 Å². The molecule has 0 radical (unpaired) electrons. The highest BCUT2D eigenvalue weighted by Crippen LogP contribution is 2.28. The molecule has 0 aromatic carbocycles. The quantitative estimate of drug-likeness (QED) is 0.684. The molecule has 1 N–H and O–H groups in total. The number of carbonyl (C=O) groups excluding carboxylic acids is 1. The number of alkyl halides is 3. The van der Waals surface area contributed by atoms with Gasteiger partial charge in [0.15, 0.2) is 0 Å². The van der Waals surface area contributed by atoms with Gasteiger partial charge in [0.25, 0.3) is 0 Å². The SMILES string of the molecule is O=C1Cc2cnc(C(F)(F)F)nc2N1. The number of fused-ring (bicyclic) bond motifs is 1. The number of nitrogens with one attached hydrogen (secondary N) is 1. The highest BCUT2D eigenvalue weighted by atomic mass is 19.4. The van der Waals surface area contributed by atoms with E-state index in [0.717, 1.165) is 6.20 Å². The van der Waals surface area contributed by atoms with Crippen molar-refractivity contribution in [2.45, 2.75) is 12.6 Å². The standard InChI is InChI=1S/C7H4F3N3O/c8-7(9,10)6-11-2-3-1-4(14)12-5(3)13-6/h2H,1H2,(H,11,12,13,14). The van der Waals surface area contributed by atoms with Crippen LogP contribution in [0, 0.1) is 0 Å². The first-order chi connectivity index (χ1) is 6.47. The maximum absolute atomic E-state index is 12.1. The second-order valence-corrected chi connectivity index (χ2v) is 2.79. The topological polar surface area (TPSA) is 54.9 Å². The number of nitrogens with zero attached hydrogens (tertiary/aromatic N) is 2. The molecule has 1 aliphatic rings. The van der Waals surface area contributed by atoms with Crippen molar-refractivity contribution in [1.82, 2.24) is 9.97 Å². The third kappa shape index (κ3) is 1.40. The molecule has 0 saturated heterocycles. The molecule has 0 spiro atoms. The monoisotopic (exact) mass is 203 g/mol. The maximum Gasteiger partial charge on any atom is 0.451 e. The number of hydrogen-bond donors (Lipinski definition) is 1. The van der Waals surface area contributed by atoms with Gasteiger partial charge in [-0.25, -0.2) is 9.97 Å². The van der Waals surface area contributed by atoms with Gasteiger partial charge in [-0.2, -0.15) is 13.2 Å². The van der Waals surface area contributed by atoms with E-state index in [1.54, 1.807) is 0 Å². The average Bonchev–Trinajstić information content (AvgIpc) is 2.41. The molecule has 0 atom stereocenters. The number of rotatable bonds is 0. The maximum atomic E-state index is 12.1. The smallest absolute Gasteiger partial charge is 0.310 e. The molecule has 2 heterocycles. The summed E-state index contributed by atoms with van der Waals surface area (Å²) < 4.78 is 36.3. The minimum absolute atomic E-state index is 0.0352. The fourth-order valence-corrected chi connectivity index (χ4v) is 1.13. The number of aromatic nitrogens is 2. The molecule has 7 heteroatoms. The molecule has 1 aromatic heterocycles. The third-order valence-corrected chi connectivity index (χ3v) is 1.73. The van der Waals surface area contributed by atoms with Crippen LogP contribution >= 0.6 is 0 Å². The Labute approximate surface area is 76.2 Å². The van der Waals surface area contributed by atoms with Crippen LogP contribution in [0.4, 0.5) is 19.0 Å². The van der Waals surface area contributed by atoms with Crippen molar-refractivity contribution in [3.05, 3.63) is 17.6 Å². The summed E-state index contributed by atoms with van der Waals surface area (Å²) in [6.45, 7) is 0. The van der Waals surface area contributed by atoms with Gasteiger partial charge < -0.3 is 5.32 Å². The number of carbonyl (C=O) groups is 1. The van der Waals surface area contributed by atoms with E-state index in [4.69, 9.17) is 0 Å². The molecule has 0 bridgehead atoms. The predicted octanol–water partition coefficient (Wildman–Crippen LogP) is 0.990. The van der Waals surface area contributed by atoms with E-state index in [1.165, 1.54) is 0 Å². The Morgan fingerprint density at radius 2 is 2.14 bits per heavy atom. The lowest BCUT2D eigenvalue weighted by Crippen LogP contribution is -2.12. The van der Waals surface area contributed by atoms with Crippen LogP contribution in [0.3, 0.4) is 0 Å². The third-order valence-electron chi connectivity index (χ3n) is 1.73. The van der Waals surface area contributed by atoms with Crippen LogP contribution in [0.5, 0.6) is 0 Å². The zero-order chi connectivity index (χ0) is 10.3. The van der Waals surface area contributed by atoms with Gasteiger partial charge in [-0.1, -0.05) is 0 Å². The summed E-state index contributed by atoms with van der Waals surface area (Å²) in [6.07, 6.45) is -3.53. The fraction of sp³-hybridized carbons (Fsp3) is 0.286. The zero-order valence-electron chi connectivity index (χ0n) is 6.72. The van der Waals surface area contributed by atoms with Crippen LogP contribution in [0.2, 0.25) is 0 Å². The van der Waals surface area contributed by atoms with Crippen LogP contribution in [0.1, 0.15) is 11.4 Å². The summed E-state index contributed by atoms with van der Waals surface area (Å²) in [5, 5.41) is 2.22. The summed E-state index contributed by atoms with van der Waals surface area (Å²) >= 11 is 0. The van der Waals surface area contributed by atoms with E-state index >= 15 is 0 Å². The summed E-state index contributed by atoms with van der Waals surface area (Å²) in [5.41, 5.74) is 0.392. The van der Waals surface area contributed by atoms with Gasteiger partial charge in [-0.05, 0) is 0 Å². The van der Waals surface area contributed by atoms with E-state index < -0.39 is 12.0 Å². The average molecular weight is 203 g/mol. The van der Waals surface area contributed by atoms with Gasteiger partial charge >= 0.3 is 6.18 Å². The molecule has 74 valence electrons. The van der Waals surface area contributed by atoms with Gasteiger partial charge in [0.2, 0.25) is 11.7 Å². The van der Waals surface area contributed by atoms with Gasteiger partial charge in [-0.15, -0.1) is 0 Å². The van der Waals surface area contributed by atoms with E-state index in [1.807, 2.05) is 0 Å². The van der Waals surface area contributed by atoms with Crippen molar-refractivity contribution < 1.29 is 18.0 Å². The first kappa shape index (κ1) is 8.92. The minimum atomic E-state index is -4.58. The number of hydrogen-bond acceptors (Lipinski definition) is 3. The van der Waals surface area contributed by atoms with Crippen LogP contribution in [-0.4, -0.2) is 15.9 Å². The van der Waals surface area contributed by atoms with Crippen LogP contribution in [-0.2, 0) is 17.4 Å². The van der Waals surface area contributed by atoms with Crippen LogP contribution in [0.25, 0.3) is 0 Å². The Balaban J connectivity index is 2.43. The van der Waals surface area contributed by atoms with Crippen molar-refractivity contribution in [1.29, 1.82) is 0 Å². The molecule has 1 amide bonds.